The Bertz CT molecular complexity index is 1270. The van der Waals surface area contributed by atoms with Gasteiger partial charge in [-0.3, -0.25) is 9.78 Å². The summed E-state index contributed by atoms with van der Waals surface area (Å²) in [6.45, 7) is 3.16. The molecule has 37 heavy (non-hydrogen) atoms. The molecule has 2 heterocycles. The number of hydrogen-bond acceptors (Lipinski definition) is 7. The second-order valence-electron chi connectivity index (χ2n) is 8.83. The SMILES string of the molecule is CCOc1ccccc1CCC(=O)Nc1sc2c(c1C#N)CCC(COC(=O)NCc1cccnc1)C2. The Morgan fingerprint density at radius 3 is 2.89 bits per heavy atom. The van der Waals surface area contributed by atoms with Crippen molar-refractivity contribution in [3.8, 4) is 11.8 Å². The number of alkyl carbamates (subject to hydrolysis) is 1. The molecule has 1 atom stereocenters. The van der Waals surface area contributed by atoms with Gasteiger partial charge >= 0.3 is 6.09 Å². The third kappa shape index (κ3) is 7.08. The van der Waals surface area contributed by atoms with Gasteiger partial charge in [-0.15, -0.1) is 11.3 Å². The molecule has 0 fully saturated rings. The van der Waals surface area contributed by atoms with Crippen molar-refractivity contribution in [2.45, 2.75) is 45.6 Å². The number of amides is 2. The molecule has 9 heteroatoms. The van der Waals surface area contributed by atoms with Gasteiger partial charge in [0, 0.05) is 30.2 Å². The number of rotatable bonds is 10. The Morgan fingerprint density at radius 1 is 1.24 bits per heavy atom. The van der Waals surface area contributed by atoms with Crippen molar-refractivity contribution in [1.82, 2.24) is 10.3 Å². The van der Waals surface area contributed by atoms with Crippen LogP contribution in [0.3, 0.4) is 0 Å². The number of benzene rings is 1. The van der Waals surface area contributed by atoms with Gasteiger partial charge in [0.2, 0.25) is 5.91 Å². The average molecular weight is 519 g/mol. The fraction of sp³-hybridized carbons (Fsp3) is 0.357. The van der Waals surface area contributed by atoms with Gasteiger partial charge in [0.05, 0.1) is 18.8 Å². The van der Waals surface area contributed by atoms with Crippen LogP contribution >= 0.6 is 11.3 Å². The van der Waals surface area contributed by atoms with Crippen LogP contribution in [0.4, 0.5) is 9.80 Å². The second-order valence-corrected chi connectivity index (χ2v) is 9.94. The highest BCUT2D eigenvalue weighted by atomic mass is 32.1. The molecule has 192 valence electrons. The number of aryl methyl sites for hydroxylation is 1. The van der Waals surface area contributed by atoms with Crippen molar-refractivity contribution in [2.24, 2.45) is 5.92 Å². The molecule has 8 nitrogen and oxygen atoms in total. The number of nitriles is 1. The lowest BCUT2D eigenvalue weighted by molar-refractivity contribution is -0.116. The fourth-order valence-electron chi connectivity index (χ4n) is 4.37. The number of anilines is 1. The summed E-state index contributed by atoms with van der Waals surface area (Å²) in [5.41, 5.74) is 3.44. The molecule has 1 unspecified atom stereocenters. The lowest BCUT2D eigenvalue weighted by atomic mass is 9.88. The Balaban J connectivity index is 1.29. The van der Waals surface area contributed by atoms with E-state index in [0.717, 1.165) is 40.2 Å². The molecular weight excluding hydrogens is 488 g/mol. The van der Waals surface area contributed by atoms with Crippen molar-refractivity contribution in [1.29, 1.82) is 5.26 Å². The quantitative estimate of drug-likeness (QED) is 0.390. The number of nitrogens with one attached hydrogen (secondary N) is 2. The number of carbonyl (C=O) groups excluding carboxylic acids is 2. The van der Waals surface area contributed by atoms with E-state index in [9.17, 15) is 14.9 Å². The summed E-state index contributed by atoms with van der Waals surface area (Å²) in [5.74, 6) is 0.827. The number of ether oxygens (including phenoxy) is 2. The van der Waals surface area contributed by atoms with Gasteiger partial charge in [0.25, 0.3) is 0 Å². The van der Waals surface area contributed by atoms with Crippen molar-refractivity contribution < 1.29 is 19.1 Å². The summed E-state index contributed by atoms with van der Waals surface area (Å²) in [4.78, 5) is 29.9. The third-order valence-corrected chi connectivity index (χ3v) is 7.41. The zero-order valence-electron chi connectivity index (χ0n) is 20.8. The maximum Gasteiger partial charge on any atom is 0.407 e. The minimum atomic E-state index is -0.461. The first-order valence-corrected chi connectivity index (χ1v) is 13.2. The lowest BCUT2D eigenvalue weighted by Gasteiger charge is -2.21. The topological polar surface area (TPSA) is 113 Å². The molecule has 1 aromatic carbocycles. The summed E-state index contributed by atoms with van der Waals surface area (Å²) in [7, 11) is 0. The number of para-hydroxylation sites is 1. The first-order chi connectivity index (χ1) is 18.1. The molecule has 0 aliphatic heterocycles. The van der Waals surface area contributed by atoms with Crippen molar-refractivity contribution in [3.63, 3.8) is 0 Å². The molecule has 0 saturated heterocycles. The molecule has 0 spiro atoms. The molecule has 2 aromatic heterocycles. The van der Waals surface area contributed by atoms with E-state index >= 15 is 0 Å². The number of carbonyl (C=O) groups is 2. The summed E-state index contributed by atoms with van der Waals surface area (Å²) in [6, 6.07) is 13.7. The van der Waals surface area contributed by atoms with Crippen LogP contribution in [0.15, 0.2) is 48.8 Å². The molecule has 0 saturated carbocycles. The highest BCUT2D eigenvalue weighted by Crippen LogP contribution is 2.39. The van der Waals surface area contributed by atoms with E-state index in [-0.39, 0.29) is 11.8 Å². The second kappa shape index (κ2) is 12.9. The summed E-state index contributed by atoms with van der Waals surface area (Å²) in [6.07, 6.45) is 6.01. The summed E-state index contributed by atoms with van der Waals surface area (Å²) < 4.78 is 11.1. The molecule has 2 amide bonds. The van der Waals surface area contributed by atoms with Crippen molar-refractivity contribution in [2.75, 3.05) is 18.5 Å². The zero-order valence-corrected chi connectivity index (χ0v) is 21.6. The van der Waals surface area contributed by atoms with Crippen molar-refractivity contribution >= 4 is 28.3 Å². The highest BCUT2D eigenvalue weighted by molar-refractivity contribution is 7.16. The summed E-state index contributed by atoms with van der Waals surface area (Å²) >= 11 is 1.45. The molecule has 0 bridgehead atoms. The van der Waals surface area contributed by atoms with Gasteiger partial charge in [-0.05, 0) is 67.3 Å². The van der Waals surface area contributed by atoms with Crippen LogP contribution in [0, 0.1) is 17.2 Å². The summed E-state index contributed by atoms with van der Waals surface area (Å²) in [5, 5.41) is 16.1. The molecule has 1 aliphatic rings. The van der Waals surface area contributed by atoms with E-state index in [1.807, 2.05) is 43.3 Å². The average Bonchev–Trinajstić information content (AvgIpc) is 3.27. The van der Waals surface area contributed by atoms with Gasteiger partial charge in [0.1, 0.15) is 16.8 Å². The fourth-order valence-corrected chi connectivity index (χ4v) is 5.70. The number of hydrogen-bond donors (Lipinski definition) is 2. The first-order valence-electron chi connectivity index (χ1n) is 12.4. The molecule has 0 radical (unpaired) electrons. The van der Waals surface area contributed by atoms with Crippen LogP contribution < -0.4 is 15.4 Å². The minimum absolute atomic E-state index is 0.133. The first kappa shape index (κ1) is 26.2. The monoisotopic (exact) mass is 518 g/mol. The number of aromatic nitrogens is 1. The van der Waals surface area contributed by atoms with E-state index in [4.69, 9.17) is 9.47 Å². The third-order valence-electron chi connectivity index (χ3n) is 6.24. The van der Waals surface area contributed by atoms with E-state index in [1.165, 1.54) is 11.3 Å². The Kier molecular flexibility index (Phi) is 9.11. The van der Waals surface area contributed by atoms with Gasteiger partial charge < -0.3 is 20.1 Å². The number of thiophene rings is 1. The van der Waals surface area contributed by atoms with Gasteiger partial charge in [0.15, 0.2) is 0 Å². The predicted molar refractivity (Wildman–Crippen MR) is 142 cm³/mol. The van der Waals surface area contributed by atoms with E-state index < -0.39 is 6.09 Å². The van der Waals surface area contributed by atoms with Gasteiger partial charge in [-0.25, -0.2) is 4.79 Å². The van der Waals surface area contributed by atoms with E-state index in [0.29, 0.717) is 49.6 Å². The molecular formula is C28H30N4O4S. The number of nitrogens with zero attached hydrogens (tertiary/aromatic N) is 2. The predicted octanol–water partition coefficient (Wildman–Crippen LogP) is 5.02. The normalized spacial score (nSPS) is 14.2. The highest BCUT2D eigenvalue weighted by Gasteiger charge is 2.27. The molecule has 4 rings (SSSR count). The Labute approximate surface area is 220 Å². The van der Waals surface area contributed by atoms with Gasteiger partial charge in [-0.2, -0.15) is 5.26 Å². The van der Waals surface area contributed by atoms with E-state index in [2.05, 4.69) is 21.7 Å². The number of pyridine rings is 1. The zero-order chi connectivity index (χ0) is 26.0. The molecule has 3 aromatic rings. The largest absolute Gasteiger partial charge is 0.494 e. The Morgan fingerprint density at radius 2 is 2.11 bits per heavy atom. The van der Waals surface area contributed by atoms with Crippen LogP contribution in [-0.4, -0.2) is 30.2 Å². The Hall–Kier alpha value is -3.90. The number of fused-ring (bicyclic) bond motifs is 1. The van der Waals surface area contributed by atoms with Crippen LogP contribution in [0.5, 0.6) is 5.75 Å². The van der Waals surface area contributed by atoms with Crippen LogP contribution in [0.1, 0.15) is 46.9 Å². The standard InChI is InChI=1S/C28H30N4O4S/c1-2-35-24-8-4-3-7-21(24)10-12-26(33)32-27-23(15-29)22-11-9-19(14-25(22)37-27)18-36-28(34)31-17-20-6-5-13-30-16-20/h3-8,13,16,19H,2,9-12,14,17-18H2,1H3,(H,31,34)(H,32,33). The van der Waals surface area contributed by atoms with Gasteiger partial charge in [-0.1, -0.05) is 24.3 Å². The van der Waals surface area contributed by atoms with Crippen LogP contribution in [0.25, 0.3) is 0 Å². The van der Waals surface area contributed by atoms with Crippen LogP contribution in [-0.2, 0) is 35.3 Å². The lowest BCUT2D eigenvalue weighted by Crippen LogP contribution is -2.27. The maximum absolute atomic E-state index is 12.7. The maximum atomic E-state index is 12.7. The van der Waals surface area contributed by atoms with E-state index in [1.54, 1.807) is 12.4 Å². The smallest absolute Gasteiger partial charge is 0.407 e. The molecule has 2 N–H and O–H groups in total. The minimum Gasteiger partial charge on any atom is -0.494 e. The molecule has 1 aliphatic carbocycles. The van der Waals surface area contributed by atoms with Crippen LogP contribution in [0.2, 0.25) is 0 Å². The van der Waals surface area contributed by atoms with Crippen molar-refractivity contribution in [3.05, 3.63) is 75.9 Å².